The van der Waals surface area contributed by atoms with Gasteiger partial charge in [-0.05, 0) is 36.7 Å². The van der Waals surface area contributed by atoms with Gasteiger partial charge in [-0.1, -0.05) is 71.4 Å². The lowest BCUT2D eigenvalue weighted by molar-refractivity contribution is -0.140. The number of amides is 1. The van der Waals surface area contributed by atoms with E-state index in [1.165, 1.54) is 0 Å². The molecule has 200 valence electrons. The van der Waals surface area contributed by atoms with Crippen molar-refractivity contribution in [2.24, 2.45) is 23.3 Å². The minimum Gasteiger partial charge on any atom is -0.480 e. The molecule has 0 aliphatic rings. The average Bonchev–Trinajstić information content (AvgIpc) is 2.78. The van der Waals surface area contributed by atoms with Crippen molar-refractivity contribution in [3.63, 3.8) is 0 Å². The zero-order valence-corrected chi connectivity index (χ0v) is 21.5. The van der Waals surface area contributed by atoms with Crippen molar-refractivity contribution in [1.29, 1.82) is 0 Å². The summed E-state index contributed by atoms with van der Waals surface area (Å²) in [5, 5.41) is 19.6. The first kappa shape index (κ1) is 34.2. The Morgan fingerprint density at radius 1 is 0.971 bits per heavy atom. The average molecular weight is 498 g/mol. The smallest absolute Gasteiger partial charge is 0.408 e. The summed E-state index contributed by atoms with van der Waals surface area (Å²) in [4.78, 5) is 42.4. The summed E-state index contributed by atoms with van der Waals surface area (Å²) in [6.45, 7) is 9.81. The van der Waals surface area contributed by atoms with Crippen molar-refractivity contribution in [2.45, 2.75) is 85.0 Å². The van der Waals surface area contributed by atoms with Crippen LogP contribution in [0.2, 0.25) is 0 Å². The first-order valence-corrected chi connectivity index (χ1v) is 11.7. The molecule has 0 saturated heterocycles. The van der Waals surface area contributed by atoms with E-state index in [0.717, 1.165) is 24.7 Å². The van der Waals surface area contributed by atoms with E-state index < -0.39 is 30.1 Å². The second kappa shape index (κ2) is 20.4. The van der Waals surface area contributed by atoms with Crippen LogP contribution < -0.4 is 16.8 Å². The molecular weight excluding hydrogens is 454 g/mol. The SMILES string of the molecule is CC(C)C[C@H](N)C(=O)O.CC(C)C[C@H](NC(=O)OCc1ccccc1)C(=O)O.CCC[C@H](N)C=O. The molecule has 10 heteroatoms. The highest BCUT2D eigenvalue weighted by Crippen LogP contribution is 2.06. The van der Waals surface area contributed by atoms with Crippen LogP contribution in [-0.2, 0) is 25.7 Å². The van der Waals surface area contributed by atoms with Crippen LogP contribution in [0.1, 0.15) is 65.9 Å². The molecule has 1 aromatic carbocycles. The fourth-order valence-corrected chi connectivity index (χ4v) is 2.61. The molecule has 0 radical (unpaired) electrons. The number of aliphatic carboxylic acids is 2. The maximum Gasteiger partial charge on any atom is 0.408 e. The quantitative estimate of drug-likeness (QED) is 0.271. The Labute approximate surface area is 208 Å². The van der Waals surface area contributed by atoms with Crippen LogP contribution in [-0.4, -0.2) is 52.7 Å². The van der Waals surface area contributed by atoms with Crippen LogP contribution >= 0.6 is 0 Å². The molecule has 0 spiro atoms. The van der Waals surface area contributed by atoms with Gasteiger partial charge in [-0.25, -0.2) is 9.59 Å². The summed E-state index contributed by atoms with van der Waals surface area (Å²) < 4.78 is 4.98. The molecule has 3 atom stereocenters. The summed E-state index contributed by atoms with van der Waals surface area (Å²) in [5.74, 6) is -1.43. The Morgan fingerprint density at radius 2 is 1.51 bits per heavy atom. The monoisotopic (exact) mass is 497 g/mol. The second-order valence-corrected chi connectivity index (χ2v) is 8.89. The molecule has 0 fully saturated rings. The van der Waals surface area contributed by atoms with Crippen molar-refractivity contribution >= 4 is 24.3 Å². The Bertz CT molecular complexity index is 727. The molecule has 1 rings (SSSR count). The lowest BCUT2D eigenvalue weighted by Crippen LogP contribution is -2.41. The third-order valence-corrected chi connectivity index (χ3v) is 4.35. The lowest BCUT2D eigenvalue weighted by Gasteiger charge is -2.16. The van der Waals surface area contributed by atoms with Crippen molar-refractivity contribution < 1.29 is 34.1 Å². The summed E-state index contributed by atoms with van der Waals surface area (Å²) >= 11 is 0. The molecular formula is C25H43N3O7. The van der Waals surface area contributed by atoms with E-state index in [0.29, 0.717) is 18.8 Å². The lowest BCUT2D eigenvalue weighted by atomic mass is 10.0. The van der Waals surface area contributed by atoms with E-state index in [9.17, 15) is 19.2 Å². The molecule has 7 N–H and O–H groups in total. The number of hydrogen-bond donors (Lipinski definition) is 5. The second-order valence-electron chi connectivity index (χ2n) is 8.89. The van der Waals surface area contributed by atoms with Gasteiger partial charge in [0, 0.05) is 0 Å². The molecule has 35 heavy (non-hydrogen) atoms. The van der Waals surface area contributed by atoms with Crippen LogP contribution in [0.3, 0.4) is 0 Å². The molecule has 0 bridgehead atoms. The molecule has 0 aliphatic carbocycles. The standard InChI is InChI=1S/C14H19NO4.C6H13NO2.C5H11NO/c1-10(2)8-12(13(16)17)15-14(18)19-9-11-6-4-3-5-7-11;1-4(2)3-5(7)6(8)9;1-2-3-5(6)4-7/h3-7,10,12H,8-9H2,1-2H3,(H,15,18)(H,16,17);4-5H,3,7H2,1-2H3,(H,8,9);4-5H,2-3,6H2,1H3/t12-;2*5-/m000/s1. The molecule has 10 nitrogen and oxygen atoms in total. The highest BCUT2D eigenvalue weighted by atomic mass is 16.5. The highest BCUT2D eigenvalue weighted by molar-refractivity contribution is 5.79. The number of benzene rings is 1. The number of carboxylic acids is 2. The summed E-state index contributed by atoms with van der Waals surface area (Å²) in [6.07, 6.45) is 2.79. The largest absolute Gasteiger partial charge is 0.480 e. The minimum absolute atomic E-state index is 0.126. The number of nitrogens with one attached hydrogen (secondary N) is 1. The molecule has 1 amide bonds. The van der Waals surface area contributed by atoms with E-state index >= 15 is 0 Å². The van der Waals surface area contributed by atoms with Gasteiger partial charge in [0.15, 0.2) is 0 Å². The van der Waals surface area contributed by atoms with Gasteiger partial charge in [-0.15, -0.1) is 0 Å². The third-order valence-electron chi connectivity index (χ3n) is 4.35. The Morgan fingerprint density at radius 3 is 1.86 bits per heavy atom. The van der Waals surface area contributed by atoms with Gasteiger partial charge in [0.2, 0.25) is 0 Å². The molecule has 1 aromatic rings. The molecule has 0 aromatic heterocycles. The van der Waals surface area contributed by atoms with E-state index in [2.05, 4.69) is 5.32 Å². The number of rotatable bonds is 12. The Hall–Kier alpha value is -2.98. The number of aldehydes is 1. The predicted octanol–water partition coefficient (Wildman–Crippen LogP) is 3.17. The number of nitrogens with two attached hydrogens (primary N) is 2. The normalized spacial score (nSPS) is 12.7. The number of carbonyl (C=O) groups excluding carboxylic acids is 2. The van der Waals surface area contributed by atoms with Crippen molar-refractivity contribution in [3.8, 4) is 0 Å². The minimum atomic E-state index is -1.05. The van der Waals surface area contributed by atoms with Crippen molar-refractivity contribution in [2.75, 3.05) is 0 Å². The van der Waals surface area contributed by atoms with E-state index in [1.807, 2.05) is 65.0 Å². The van der Waals surface area contributed by atoms with E-state index in [1.54, 1.807) is 0 Å². The third kappa shape index (κ3) is 21.3. The van der Waals surface area contributed by atoms with E-state index in [4.69, 9.17) is 26.4 Å². The molecule has 0 heterocycles. The van der Waals surface area contributed by atoms with Crippen LogP contribution in [0.4, 0.5) is 4.79 Å². The van der Waals surface area contributed by atoms with Gasteiger partial charge in [0.1, 0.15) is 25.0 Å². The van der Waals surface area contributed by atoms with Gasteiger partial charge in [-0.2, -0.15) is 0 Å². The number of carboxylic acid groups (broad SMARTS) is 2. The first-order valence-electron chi connectivity index (χ1n) is 11.7. The maximum atomic E-state index is 11.5. The summed E-state index contributed by atoms with van der Waals surface area (Å²) in [5.41, 5.74) is 11.3. The number of carbonyl (C=O) groups is 4. The zero-order chi connectivity index (χ0) is 27.4. The van der Waals surface area contributed by atoms with Crippen LogP contribution in [0.15, 0.2) is 30.3 Å². The van der Waals surface area contributed by atoms with Crippen molar-refractivity contribution in [3.05, 3.63) is 35.9 Å². The van der Waals surface area contributed by atoms with E-state index in [-0.39, 0.29) is 18.6 Å². The highest BCUT2D eigenvalue weighted by Gasteiger charge is 2.21. The number of alkyl carbamates (subject to hydrolysis) is 1. The molecule has 0 unspecified atom stereocenters. The molecule has 0 saturated carbocycles. The Kier molecular flexibility index (Phi) is 19.9. The van der Waals surface area contributed by atoms with Crippen LogP contribution in [0.25, 0.3) is 0 Å². The Balaban J connectivity index is 0. The predicted molar refractivity (Wildman–Crippen MR) is 135 cm³/mol. The van der Waals surface area contributed by atoms with Gasteiger partial charge in [-0.3, -0.25) is 4.79 Å². The summed E-state index contributed by atoms with van der Waals surface area (Å²) in [6, 6.07) is 7.38. The van der Waals surface area contributed by atoms with Crippen LogP contribution in [0, 0.1) is 11.8 Å². The number of ether oxygens (including phenoxy) is 1. The topological polar surface area (TPSA) is 182 Å². The van der Waals surface area contributed by atoms with Gasteiger partial charge < -0.3 is 36.5 Å². The number of hydrogen-bond acceptors (Lipinski definition) is 7. The van der Waals surface area contributed by atoms with Gasteiger partial charge in [0.05, 0.1) is 6.04 Å². The fourth-order valence-electron chi connectivity index (χ4n) is 2.61. The van der Waals surface area contributed by atoms with Gasteiger partial charge in [0.25, 0.3) is 0 Å². The summed E-state index contributed by atoms with van der Waals surface area (Å²) in [7, 11) is 0. The fraction of sp³-hybridized carbons (Fsp3) is 0.600. The maximum absolute atomic E-state index is 11.5. The zero-order valence-electron chi connectivity index (χ0n) is 21.5. The van der Waals surface area contributed by atoms with Crippen LogP contribution in [0.5, 0.6) is 0 Å². The first-order chi connectivity index (χ1) is 16.3. The molecule has 0 aliphatic heterocycles. The van der Waals surface area contributed by atoms with Crippen molar-refractivity contribution in [1.82, 2.24) is 5.32 Å². The van der Waals surface area contributed by atoms with Gasteiger partial charge >= 0.3 is 18.0 Å².